The number of amides is 1. The highest BCUT2D eigenvalue weighted by Crippen LogP contribution is 2.33. The Morgan fingerprint density at radius 2 is 1.78 bits per heavy atom. The van der Waals surface area contributed by atoms with Crippen molar-refractivity contribution in [3.8, 4) is 0 Å². The summed E-state index contributed by atoms with van der Waals surface area (Å²) < 4.78 is 4.55. The first kappa shape index (κ1) is 17.3. The smallest absolute Gasteiger partial charge is 0.339 e. The van der Waals surface area contributed by atoms with Gasteiger partial charge in [0, 0.05) is 11.2 Å². The minimum Gasteiger partial charge on any atom is -0.465 e. The average molecular weight is 375 g/mol. The molecule has 1 amide bonds. The molecular weight excluding hydrogens is 365 g/mol. The molecule has 2 N–H and O–H groups in total. The molecule has 9 heteroatoms. The van der Waals surface area contributed by atoms with Crippen molar-refractivity contribution in [1.29, 1.82) is 0 Å². The number of carbonyl (C=O) groups excluding carboxylic acids is 2. The van der Waals surface area contributed by atoms with E-state index in [1.807, 2.05) is 0 Å². The molecule has 0 aliphatic heterocycles. The molecule has 2 rings (SSSR count). The molecule has 0 saturated heterocycles. The number of esters is 1. The Morgan fingerprint density at radius 1 is 1.13 bits per heavy atom. The number of nitrogens with one attached hydrogen (secondary N) is 2. The Morgan fingerprint density at radius 3 is 2.30 bits per heavy atom. The Kier molecular flexibility index (Phi) is 5.65. The van der Waals surface area contributed by atoms with Crippen molar-refractivity contribution in [2.75, 3.05) is 12.5 Å². The largest absolute Gasteiger partial charge is 0.465 e. The molecule has 0 bridgehead atoms. The highest BCUT2D eigenvalue weighted by molar-refractivity contribution is 6.41. The third-order valence-electron chi connectivity index (χ3n) is 2.73. The number of methoxy groups -OCH3 is 1. The molecule has 120 valence electrons. The van der Waals surface area contributed by atoms with Crippen LogP contribution in [0.5, 0.6) is 0 Å². The van der Waals surface area contributed by atoms with E-state index in [1.165, 1.54) is 37.6 Å². The van der Waals surface area contributed by atoms with Gasteiger partial charge in [-0.05, 0) is 24.3 Å². The molecule has 0 spiro atoms. The van der Waals surface area contributed by atoms with Crippen LogP contribution in [-0.2, 0) is 4.74 Å². The molecule has 0 unspecified atom stereocenters. The Hall–Kier alpha value is -2.02. The maximum Gasteiger partial charge on any atom is 0.339 e. The van der Waals surface area contributed by atoms with Crippen LogP contribution in [-0.4, -0.2) is 24.0 Å². The lowest BCUT2D eigenvalue weighted by Gasteiger charge is -2.12. The normalized spacial score (nSPS) is 10.1. The summed E-state index contributed by atoms with van der Waals surface area (Å²) in [5.74, 6) is -1.08. The summed E-state index contributed by atoms with van der Waals surface area (Å²) in [5.41, 5.74) is 5.63. The van der Waals surface area contributed by atoms with Crippen molar-refractivity contribution in [3.05, 3.63) is 56.8 Å². The van der Waals surface area contributed by atoms with Crippen molar-refractivity contribution in [1.82, 2.24) is 10.4 Å². The number of anilines is 1. The number of rotatable bonds is 4. The minimum atomic E-state index is -0.540. The first-order valence-electron chi connectivity index (χ1n) is 6.17. The molecule has 0 aliphatic carbocycles. The molecule has 23 heavy (non-hydrogen) atoms. The fraction of sp³-hybridized carbons (Fsp3) is 0.0714. The average Bonchev–Trinajstić information content (AvgIpc) is 2.53. The highest BCUT2D eigenvalue weighted by Gasteiger charge is 2.12. The fourth-order valence-electron chi connectivity index (χ4n) is 1.61. The quantitative estimate of drug-likeness (QED) is 0.631. The van der Waals surface area contributed by atoms with Crippen molar-refractivity contribution in [3.63, 3.8) is 0 Å². The zero-order chi connectivity index (χ0) is 17.0. The van der Waals surface area contributed by atoms with Crippen LogP contribution in [0.1, 0.15) is 20.8 Å². The van der Waals surface area contributed by atoms with Crippen LogP contribution in [0.15, 0.2) is 30.5 Å². The van der Waals surface area contributed by atoms with E-state index in [0.29, 0.717) is 10.7 Å². The summed E-state index contributed by atoms with van der Waals surface area (Å²) in [6.45, 7) is 0. The van der Waals surface area contributed by atoms with Crippen molar-refractivity contribution in [2.45, 2.75) is 0 Å². The first-order valence-corrected chi connectivity index (χ1v) is 7.31. The highest BCUT2D eigenvalue weighted by atomic mass is 35.5. The lowest BCUT2D eigenvalue weighted by molar-refractivity contribution is 0.0599. The van der Waals surface area contributed by atoms with Gasteiger partial charge in [-0.3, -0.25) is 20.6 Å². The number of ether oxygens (including phenoxy) is 1. The lowest BCUT2D eigenvalue weighted by atomic mass is 10.2. The number of hydrogen-bond donors (Lipinski definition) is 2. The Bertz CT molecular complexity index is 728. The number of hydrazine groups is 1. The van der Waals surface area contributed by atoms with Gasteiger partial charge in [0.15, 0.2) is 0 Å². The lowest BCUT2D eigenvalue weighted by Crippen LogP contribution is -2.30. The van der Waals surface area contributed by atoms with Gasteiger partial charge in [0.05, 0.1) is 28.4 Å². The fourth-order valence-corrected chi connectivity index (χ4v) is 2.52. The number of carbonyl (C=O) groups is 2. The van der Waals surface area contributed by atoms with Crippen LogP contribution in [0.3, 0.4) is 0 Å². The Balaban J connectivity index is 2.07. The van der Waals surface area contributed by atoms with Crippen LogP contribution >= 0.6 is 34.8 Å². The first-order chi connectivity index (χ1) is 10.9. The molecule has 6 nitrogen and oxygen atoms in total. The second kappa shape index (κ2) is 7.50. The van der Waals surface area contributed by atoms with Gasteiger partial charge in [-0.15, -0.1) is 0 Å². The van der Waals surface area contributed by atoms with Crippen molar-refractivity contribution >= 4 is 52.4 Å². The third-order valence-corrected chi connectivity index (χ3v) is 3.54. The topological polar surface area (TPSA) is 80.3 Å². The number of pyridine rings is 1. The summed E-state index contributed by atoms with van der Waals surface area (Å²) in [6, 6.07) is 5.77. The molecule has 1 aromatic heterocycles. The van der Waals surface area contributed by atoms with Crippen LogP contribution in [0.2, 0.25) is 15.1 Å². The molecule has 0 radical (unpaired) electrons. The SMILES string of the molecule is COC(=O)c1ccc(C(=O)NNc2c(Cl)cc(Cl)cc2Cl)nc1. The predicted molar refractivity (Wildman–Crippen MR) is 88.1 cm³/mol. The van der Waals surface area contributed by atoms with Crippen LogP contribution in [0.25, 0.3) is 0 Å². The van der Waals surface area contributed by atoms with Gasteiger partial charge in [-0.2, -0.15) is 0 Å². The van der Waals surface area contributed by atoms with E-state index in [0.717, 1.165) is 0 Å². The van der Waals surface area contributed by atoms with Gasteiger partial charge in [-0.1, -0.05) is 34.8 Å². The second-order valence-electron chi connectivity index (χ2n) is 4.25. The summed E-state index contributed by atoms with van der Waals surface area (Å²) in [4.78, 5) is 27.2. The molecule has 0 aliphatic rings. The molecule has 0 atom stereocenters. The zero-order valence-electron chi connectivity index (χ0n) is 11.7. The van der Waals surface area contributed by atoms with Crippen molar-refractivity contribution < 1.29 is 14.3 Å². The third kappa shape index (κ3) is 4.25. The monoisotopic (exact) mass is 373 g/mol. The zero-order valence-corrected chi connectivity index (χ0v) is 14.0. The van der Waals surface area contributed by atoms with Gasteiger partial charge in [0.1, 0.15) is 5.69 Å². The molecule has 2 aromatic rings. The number of aromatic nitrogens is 1. The standard InChI is InChI=1S/C14H10Cl3N3O3/c1-23-14(22)7-2-3-11(18-6-7)13(21)20-19-12-9(16)4-8(15)5-10(12)17/h2-6,19H,1H3,(H,20,21). The maximum absolute atomic E-state index is 12.0. The molecule has 1 aromatic carbocycles. The van der Waals surface area contributed by atoms with Gasteiger partial charge in [-0.25, -0.2) is 4.79 Å². The second-order valence-corrected chi connectivity index (χ2v) is 5.50. The number of halogens is 3. The molecule has 0 fully saturated rings. The van der Waals surface area contributed by atoms with E-state index in [4.69, 9.17) is 34.8 Å². The van der Waals surface area contributed by atoms with Crippen LogP contribution < -0.4 is 10.9 Å². The van der Waals surface area contributed by atoms with Gasteiger partial charge >= 0.3 is 5.97 Å². The van der Waals surface area contributed by atoms with E-state index in [1.54, 1.807) is 0 Å². The minimum absolute atomic E-state index is 0.0892. The van der Waals surface area contributed by atoms with Gasteiger partial charge < -0.3 is 4.74 Å². The van der Waals surface area contributed by atoms with Gasteiger partial charge in [0.25, 0.3) is 5.91 Å². The van der Waals surface area contributed by atoms with E-state index in [9.17, 15) is 9.59 Å². The van der Waals surface area contributed by atoms with E-state index < -0.39 is 11.9 Å². The number of benzene rings is 1. The number of hydrogen-bond acceptors (Lipinski definition) is 5. The van der Waals surface area contributed by atoms with Gasteiger partial charge in [0.2, 0.25) is 0 Å². The molecule has 1 heterocycles. The molecular formula is C14H10Cl3N3O3. The van der Waals surface area contributed by atoms with Crippen LogP contribution in [0, 0.1) is 0 Å². The summed E-state index contributed by atoms with van der Waals surface area (Å²) in [5, 5.41) is 0.866. The summed E-state index contributed by atoms with van der Waals surface area (Å²) >= 11 is 17.8. The van der Waals surface area contributed by atoms with Crippen LogP contribution in [0.4, 0.5) is 5.69 Å². The summed E-state index contributed by atoms with van der Waals surface area (Å²) in [6.07, 6.45) is 1.24. The van der Waals surface area contributed by atoms with E-state index >= 15 is 0 Å². The van der Waals surface area contributed by atoms with Crippen molar-refractivity contribution in [2.24, 2.45) is 0 Å². The summed E-state index contributed by atoms with van der Waals surface area (Å²) in [7, 11) is 1.26. The maximum atomic E-state index is 12.0. The number of nitrogens with zero attached hydrogens (tertiary/aromatic N) is 1. The Labute approximate surface area is 146 Å². The predicted octanol–water partition coefficient (Wildman–Crippen LogP) is 3.59. The van der Waals surface area contributed by atoms with E-state index in [2.05, 4.69) is 20.6 Å². The van der Waals surface area contributed by atoms with E-state index in [-0.39, 0.29) is 21.3 Å². The molecule has 0 saturated carbocycles.